The van der Waals surface area contributed by atoms with Gasteiger partial charge in [-0.3, -0.25) is 4.79 Å². The summed E-state index contributed by atoms with van der Waals surface area (Å²) in [5.74, 6) is -0.0227. The van der Waals surface area contributed by atoms with Crippen molar-refractivity contribution in [3.05, 3.63) is 59.5 Å². The molecular formula is C17H19N3O. The average Bonchev–Trinajstić information content (AvgIpc) is 3.04. The second-order valence-corrected chi connectivity index (χ2v) is 5.28. The van der Waals surface area contributed by atoms with Crippen molar-refractivity contribution >= 4 is 16.8 Å². The number of aromatic amines is 1. The maximum atomic E-state index is 12.1. The third kappa shape index (κ3) is 2.57. The number of amides is 1. The van der Waals surface area contributed by atoms with Gasteiger partial charge in [-0.2, -0.15) is 0 Å². The Labute approximate surface area is 123 Å². The highest BCUT2D eigenvalue weighted by molar-refractivity contribution is 5.93. The van der Waals surface area contributed by atoms with Crippen LogP contribution in [-0.2, 0) is 13.5 Å². The van der Waals surface area contributed by atoms with Gasteiger partial charge in [0.25, 0.3) is 5.91 Å². The molecule has 3 aromatic rings. The first-order chi connectivity index (χ1) is 10.2. The van der Waals surface area contributed by atoms with E-state index in [0.717, 1.165) is 17.6 Å². The quantitative estimate of drug-likeness (QED) is 0.759. The number of para-hydroxylation sites is 1. The lowest BCUT2D eigenvalue weighted by molar-refractivity contribution is 0.0946. The van der Waals surface area contributed by atoms with Crippen molar-refractivity contribution in [2.24, 2.45) is 7.05 Å². The molecule has 2 N–H and O–H groups in total. The number of carbonyl (C=O) groups excluding carboxylic acids is 1. The van der Waals surface area contributed by atoms with E-state index in [-0.39, 0.29) is 5.91 Å². The van der Waals surface area contributed by atoms with Crippen LogP contribution >= 0.6 is 0 Å². The summed E-state index contributed by atoms with van der Waals surface area (Å²) >= 11 is 0. The minimum absolute atomic E-state index is 0.0227. The number of carbonyl (C=O) groups is 1. The van der Waals surface area contributed by atoms with Gasteiger partial charge < -0.3 is 14.9 Å². The van der Waals surface area contributed by atoms with Crippen LogP contribution in [0, 0.1) is 6.92 Å². The van der Waals surface area contributed by atoms with Crippen LogP contribution in [-0.4, -0.2) is 22.0 Å². The van der Waals surface area contributed by atoms with Crippen LogP contribution in [0.25, 0.3) is 10.9 Å². The molecule has 0 saturated heterocycles. The van der Waals surface area contributed by atoms with E-state index in [4.69, 9.17) is 0 Å². The van der Waals surface area contributed by atoms with E-state index in [1.807, 2.05) is 49.0 Å². The zero-order valence-corrected chi connectivity index (χ0v) is 12.3. The van der Waals surface area contributed by atoms with E-state index in [9.17, 15) is 4.79 Å². The largest absolute Gasteiger partial charge is 0.361 e. The zero-order valence-electron chi connectivity index (χ0n) is 12.3. The fourth-order valence-corrected chi connectivity index (χ4v) is 2.58. The van der Waals surface area contributed by atoms with E-state index in [2.05, 4.69) is 22.4 Å². The van der Waals surface area contributed by atoms with Gasteiger partial charge in [0.15, 0.2) is 0 Å². The molecule has 0 fully saturated rings. The Hall–Kier alpha value is -2.49. The molecule has 0 spiro atoms. The van der Waals surface area contributed by atoms with E-state index in [1.165, 1.54) is 10.9 Å². The second kappa shape index (κ2) is 5.48. The standard InChI is InChI=1S/C17H19N3O/c1-12-7-8-16(20(12)2)17(21)18-10-9-13-11-19-15-6-4-3-5-14(13)15/h3-8,11,19H,9-10H2,1-2H3,(H,18,21). The van der Waals surface area contributed by atoms with Crippen LogP contribution in [0.5, 0.6) is 0 Å². The molecule has 4 nitrogen and oxygen atoms in total. The Bertz CT molecular complexity index is 782. The summed E-state index contributed by atoms with van der Waals surface area (Å²) in [5, 5.41) is 4.21. The first-order valence-electron chi connectivity index (χ1n) is 7.12. The minimum atomic E-state index is -0.0227. The Morgan fingerprint density at radius 2 is 2.05 bits per heavy atom. The van der Waals surface area contributed by atoms with Gasteiger partial charge in [0.2, 0.25) is 0 Å². The van der Waals surface area contributed by atoms with Gasteiger partial charge in [-0.15, -0.1) is 0 Å². The molecule has 21 heavy (non-hydrogen) atoms. The number of nitrogens with zero attached hydrogens (tertiary/aromatic N) is 1. The maximum Gasteiger partial charge on any atom is 0.267 e. The number of hydrogen-bond acceptors (Lipinski definition) is 1. The molecule has 0 aliphatic rings. The number of nitrogens with one attached hydrogen (secondary N) is 2. The molecule has 108 valence electrons. The van der Waals surface area contributed by atoms with E-state index >= 15 is 0 Å². The molecule has 1 aromatic carbocycles. The molecule has 0 unspecified atom stereocenters. The van der Waals surface area contributed by atoms with Gasteiger partial charge in [0.05, 0.1) is 0 Å². The van der Waals surface area contributed by atoms with Crippen molar-refractivity contribution in [1.29, 1.82) is 0 Å². The summed E-state index contributed by atoms with van der Waals surface area (Å²) in [6, 6.07) is 12.0. The van der Waals surface area contributed by atoms with Crippen molar-refractivity contribution in [1.82, 2.24) is 14.9 Å². The Morgan fingerprint density at radius 3 is 2.81 bits per heavy atom. The topological polar surface area (TPSA) is 49.8 Å². The lowest BCUT2D eigenvalue weighted by Crippen LogP contribution is -2.27. The molecule has 3 rings (SSSR count). The van der Waals surface area contributed by atoms with Crippen LogP contribution < -0.4 is 5.32 Å². The molecule has 0 aliphatic carbocycles. The van der Waals surface area contributed by atoms with Gasteiger partial charge >= 0.3 is 0 Å². The van der Waals surface area contributed by atoms with Gasteiger partial charge in [-0.25, -0.2) is 0 Å². The highest BCUT2D eigenvalue weighted by Gasteiger charge is 2.10. The summed E-state index contributed by atoms with van der Waals surface area (Å²) in [5.41, 5.74) is 4.15. The van der Waals surface area contributed by atoms with Crippen molar-refractivity contribution in [3.8, 4) is 0 Å². The number of benzene rings is 1. The summed E-state index contributed by atoms with van der Waals surface area (Å²) < 4.78 is 1.90. The molecule has 2 aromatic heterocycles. The van der Waals surface area contributed by atoms with Crippen molar-refractivity contribution in [3.63, 3.8) is 0 Å². The highest BCUT2D eigenvalue weighted by atomic mass is 16.1. The van der Waals surface area contributed by atoms with Crippen LogP contribution in [0.1, 0.15) is 21.7 Å². The first kappa shape index (κ1) is 13.5. The van der Waals surface area contributed by atoms with E-state index < -0.39 is 0 Å². The number of H-pyrrole nitrogens is 1. The molecule has 0 radical (unpaired) electrons. The Kier molecular flexibility index (Phi) is 3.52. The van der Waals surface area contributed by atoms with Crippen LogP contribution in [0.4, 0.5) is 0 Å². The maximum absolute atomic E-state index is 12.1. The zero-order chi connectivity index (χ0) is 14.8. The number of fused-ring (bicyclic) bond motifs is 1. The third-order valence-electron chi connectivity index (χ3n) is 3.96. The monoisotopic (exact) mass is 281 g/mol. The number of hydrogen-bond donors (Lipinski definition) is 2. The molecule has 4 heteroatoms. The number of aryl methyl sites for hydroxylation is 1. The highest BCUT2D eigenvalue weighted by Crippen LogP contribution is 2.17. The van der Waals surface area contributed by atoms with Crippen LogP contribution in [0.3, 0.4) is 0 Å². The summed E-state index contributed by atoms with van der Waals surface area (Å²) in [7, 11) is 1.91. The first-order valence-corrected chi connectivity index (χ1v) is 7.12. The van der Waals surface area contributed by atoms with Crippen molar-refractivity contribution in [2.75, 3.05) is 6.54 Å². The third-order valence-corrected chi connectivity index (χ3v) is 3.96. The Morgan fingerprint density at radius 1 is 1.24 bits per heavy atom. The molecule has 0 bridgehead atoms. The lowest BCUT2D eigenvalue weighted by Gasteiger charge is -2.07. The average molecular weight is 281 g/mol. The molecule has 0 atom stereocenters. The minimum Gasteiger partial charge on any atom is -0.361 e. The van der Waals surface area contributed by atoms with Crippen LogP contribution in [0.2, 0.25) is 0 Å². The smallest absolute Gasteiger partial charge is 0.267 e. The summed E-state index contributed by atoms with van der Waals surface area (Å²) in [6.45, 7) is 2.62. The van der Waals surface area contributed by atoms with Crippen molar-refractivity contribution in [2.45, 2.75) is 13.3 Å². The molecule has 1 amide bonds. The second-order valence-electron chi connectivity index (χ2n) is 5.28. The van der Waals surface area contributed by atoms with E-state index in [0.29, 0.717) is 12.2 Å². The van der Waals surface area contributed by atoms with Crippen LogP contribution in [0.15, 0.2) is 42.6 Å². The van der Waals surface area contributed by atoms with E-state index in [1.54, 1.807) is 0 Å². The number of rotatable bonds is 4. The lowest BCUT2D eigenvalue weighted by atomic mass is 10.1. The fraction of sp³-hybridized carbons (Fsp3) is 0.235. The van der Waals surface area contributed by atoms with Gasteiger partial charge in [-0.1, -0.05) is 18.2 Å². The fourth-order valence-electron chi connectivity index (χ4n) is 2.58. The molecule has 0 saturated carbocycles. The predicted molar refractivity (Wildman–Crippen MR) is 84.5 cm³/mol. The van der Waals surface area contributed by atoms with Gasteiger partial charge in [0, 0.05) is 36.4 Å². The van der Waals surface area contributed by atoms with Crippen molar-refractivity contribution < 1.29 is 4.79 Å². The summed E-state index contributed by atoms with van der Waals surface area (Å²) in [4.78, 5) is 15.4. The molecule has 2 heterocycles. The van der Waals surface area contributed by atoms with Gasteiger partial charge in [-0.05, 0) is 37.1 Å². The normalized spacial score (nSPS) is 11.0. The van der Waals surface area contributed by atoms with Gasteiger partial charge in [0.1, 0.15) is 5.69 Å². The predicted octanol–water partition coefficient (Wildman–Crippen LogP) is 2.79. The molecule has 0 aliphatic heterocycles. The number of aromatic nitrogens is 2. The SMILES string of the molecule is Cc1ccc(C(=O)NCCc2c[nH]c3ccccc23)n1C. The molecular weight excluding hydrogens is 262 g/mol. The summed E-state index contributed by atoms with van der Waals surface area (Å²) in [6.07, 6.45) is 2.84. The Balaban J connectivity index is 1.64.